The molecule has 1 aliphatic rings. The third kappa shape index (κ3) is 3.17. The highest BCUT2D eigenvalue weighted by Gasteiger charge is 2.34. The maximum atomic E-state index is 12.7. The summed E-state index contributed by atoms with van der Waals surface area (Å²) in [7, 11) is 0. The molecule has 0 radical (unpaired) electrons. The van der Waals surface area contributed by atoms with E-state index in [1.165, 1.54) is 11.8 Å². The molecule has 0 aliphatic carbocycles. The molecule has 0 spiro atoms. The van der Waals surface area contributed by atoms with Crippen molar-refractivity contribution in [3.05, 3.63) is 68.5 Å². The summed E-state index contributed by atoms with van der Waals surface area (Å²) in [6, 6.07) is 13.0. The van der Waals surface area contributed by atoms with Crippen LogP contribution in [0.5, 0.6) is 0 Å². The van der Waals surface area contributed by atoms with Crippen molar-refractivity contribution in [2.45, 2.75) is 6.92 Å². The highest BCUT2D eigenvalue weighted by Crippen LogP contribution is 2.38. The number of para-hydroxylation sites is 1. The molecule has 0 atom stereocenters. The van der Waals surface area contributed by atoms with Gasteiger partial charge in [0.1, 0.15) is 0 Å². The molecule has 0 aromatic heterocycles. The summed E-state index contributed by atoms with van der Waals surface area (Å²) in [4.78, 5) is 14.8. The topological polar surface area (TPSA) is 20.3 Å². The Hall–Kier alpha value is -1.33. The van der Waals surface area contributed by atoms with Gasteiger partial charge >= 0.3 is 0 Å². The molecule has 1 heterocycles. The number of hydrogen-bond acceptors (Lipinski definition) is 3. The van der Waals surface area contributed by atoms with E-state index in [9.17, 15) is 4.79 Å². The standard InChI is InChI=1S/C17H11Cl2NOS2/c1-10-5-2-3-8-13(10)20-16(21)14(23-17(20)22)9-11-6-4-7-12(18)15(11)19/h2-9H,1H3. The van der Waals surface area contributed by atoms with Crippen molar-refractivity contribution < 1.29 is 4.79 Å². The summed E-state index contributed by atoms with van der Waals surface area (Å²) >= 11 is 18.9. The van der Waals surface area contributed by atoms with E-state index in [2.05, 4.69) is 0 Å². The van der Waals surface area contributed by atoms with Gasteiger partial charge in [0.15, 0.2) is 4.32 Å². The molecule has 1 amide bonds. The largest absolute Gasteiger partial charge is 0.270 e. The van der Waals surface area contributed by atoms with E-state index in [0.29, 0.717) is 24.8 Å². The predicted octanol–water partition coefficient (Wildman–Crippen LogP) is 5.71. The lowest BCUT2D eigenvalue weighted by atomic mass is 10.1. The normalized spacial score (nSPS) is 16.5. The molecule has 0 bridgehead atoms. The fourth-order valence-corrected chi connectivity index (χ4v) is 3.90. The zero-order chi connectivity index (χ0) is 16.6. The minimum Gasteiger partial charge on any atom is -0.268 e. The van der Waals surface area contributed by atoms with Gasteiger partial charge in [-0.2, -0.15) is 0 Å². The Morgan fingerprint density at radius 1 is 1.13 bits per heavy atom. The quantitative estimate of drug-likeness (QED) is 0.492. The van der Waals surface area contributed by atoms with Crippen molar-refractivity contribution in [1.82, 2.24) is 0 Å². The summed E-state index contributed by atoms with van der Waals surface area (Å²) in [5.74, 6) is -0.148. The number of halogens is 2. The van der Waals surface area contributed by atoms with Crippen LogP contribution in [0.3, 0.4) is 0 Å². The van der Waals surface area contributed by atoms with Gasteiger partial charge in [-0.15, -0.1) is 0 Å². The van der Waals surface area contributed by atoms with Crippen LogP contribution in [0.2, 0.25) is 10.0 Å². The van der Waals surface area contributed by atoms with Crippen molar-refractivity contribution in [1.29, 1.82) is 0 Å². The molecule has 0 saturated carbocycles. The monoisotopic (exact) mass is 379 g/mol. The predicted molar refractivity (Wildman–Crippen MR) is 103 cm³/mol. The number of thiocarbonyl (C=S) groups is 1. The fraction of sp³-hybridized carbons (Fsp3) is 0.0588. The van der Waals surface area contributed by atoms with E-state index in [-0.39, 0.29) is 5.91 Å². The second-order valence-corrected chi connectivity index (χ2v) is 7.41. The fourth-order valence-electron chi connectivity index (χ4n) is 2.26. The molecule has 1 aliphatic heterocycles. The summed E-state index contributed by atoms with van der Waals surface area (Å²) < 4.78 is 0.508. The number of nitrogens with zero attached hydrogens (tertiary/aromatic N) is 1. The van der Waals surface area contributed by atoms with E-state index in [1.807, 2.05) is 37.3 Å². The SMILES string of the molecule is Cc1ccccc1N1C(=O)C(=Cc2cccc(Cl)c2Cl)SC1=S. The maximum Gasteiger partial charge on any atom is 0.270 e. The molecule has 6 heteroatoms. The van der Waals surface area contributed by atoms with Gasteiger partial charge in [-0.1, -0.05) is 77.5 Å². The average Bonchev–Trinajstić information content (AvgIpc) is 2.79. The highest BCUT2D eigenvalue weighted by molar-refractivity contribution is 8.27. The zero-order valence-corrected chi connectivity index (χ0v) is 15.2. The third-order valence-electron chi connectivity index (χ3n) is 3.42. The maximum absolute atomic E-state index is 12.7. The van der Waals surface area contributed by atoms with Crippen LogP contribution in [0, 0.1) is 6.92 Å². The van der Waals surface area contributed by atoms with Gasteiger partial charge in [-0.05, 0) is 36.3 Å². The number of hydrogen-bond donors (Lipinski definition) is 0. The second kappa shape index (κ2) is 6.65. The number of thioether (sulfide) groups is 1. The highest BCUT2D eigenvalue weighted by atomic mass is 35.5. The number of carbonyl (C=O) groups is 1. The minimum atomic E-state index is -0.148. The first kappa shape index (κ1) is 16.5. The van der Waals surface area contributed by atoms with Gasteiger partial charge in [0.2, 0.25) is 0 Å². The molecule has 1 fully saturated rings. The Bertz CT molecular complexity index is 848. The van der Waals surface area contributed by atoms with Gasteiger partial charge in [0.25, 0.3) is 5.91 Å². The minimum absolute atomic E-state index is 0.148. The van der Waals surface area contributed by atoms with Gasteiger partial charge in [-0.25, -0.2) is 0 Å². The first-order valence-corrected chi connectivity index (χ1v) is 8.74. The molecular weight excluding hydrogens is 369 g/mol. The first-order chi connectivity index (χ1) is 11.0. The lowest BCUT2D eigenvalue weighted by Gasteiger charge is -2.16. The number of benzene rings is 2. The van der Waals surface area contributed by atoms with E-state index in [0.717, 1.165) is 11.3 Å². The second-order valence-electron chi connectivity index (χ2n) is 4.95. The number of amides is 1. The lowest BCUT2D eigenvalue weighted by Crippen LogP contribution is -2.28. The van der Waals surface area contributed by atoms with Crippen LogP contribution in [0.25, 0.3) is 6.08 Å². The zero-order valence-electron chi connectivity index (χ0n) is 12.0. The van der Waals surface area contributed by atoms with Crippen molar-refractivity contribution in [2.75, 3.05) is 4.90 Å². The molecule has 3 rings (SSSR count). The summed E-state index contributed by atoms with van der Waals surface area (Å²) in [6.07, 6.45) is 1.73. The molecular formula is C17H11Cl2NOS2. The summed E-state index contributed by atoms with van der Waals surface area (Å²) in [6.45, 7) is 1.95. The first-order valence-electron chi connectivity index (χ1n) is 6.76. The Labute approximate surface area is 154 Å². The number of carbonyl (C=O) groups excluding carboxylic acids is 1. The van der Waals surface area contributed by atoms with Gasteiger partial charge < -0.3 is 0 Å². The van der Waals surface area contributed by atoms with Gasteiger partial charge in [-0.3, -0.25) is 9.69 Å². The van der Waals surface area contributed by atoms with Gasteiger partial charge in [0.05, 0.1) is 20.6 Å². The summed E-state index contributed by atoms with van der Waals surface area (Å²) in [5.41, 5.74) is 2.49. The number of aryl methyl sites for hydroxylation is 1. The molecule has 1 saturated heterocycles. The molecule has 0 N–H and O–H groups in total. The van der Waals surface area contributed by atoms with Crippen LogP contribution >= 0.6 is 47.2 Å². The van der Waals surface area contributed by atoms with Crippen molar-refractivity contribution in [3.8, 4) is 0 Å². The smallest absolute Gasteiger partial charge is 0.268 e. The third-order valence-corrected chi connectivity index (χ3v) is 5.55. The van der Waals surface area contributed by atoms with Crippen LogP contribution < -0.4 is 4.90 Å². The van der Waals surface area contributed by atoms with Crippen molar-refractivity contribution in [2.24, 2.45) is 0 Å². The van der Waals surface area contributed by atoms with Crippen LogP contribution in [-0.2, 0) is 4.79 Å². The molecule has 116 valence electrons. The molecule has 23 heavy (non-hydrogen) atoms. The Balaban J connectivity index is 2.00. The summed E-state index contributed by atoms with van der Waals surface area (Å²) in [5, 5.41) is 0.880. The molecule has 2 aromatic carbocycles. The van der Waals surface area contributed by atoms with Crippen LogP contribution in [0.15, 0.2) is 47.4 Å². The van der Waals surface area contributed by atoms with Crippen molar-refractivity contribution in [3.63, 3.8) is 0 Å². The molecule has 0 unspecified atom stereocenters. The van der Waals surface area contributed by atoms with E-state index < -0.39 is 0 Å². The van der Waals surface area contributed by atoms with Crippen LogP contribution in [0.1, 0.15) is 11.1 Å². The van der Waals surface area contributed by atoms with E-state index in [1.54, 1.807) is 23.1 Å². The number of rotatable bonds is 2. The Kier molecular flexibility index (Phi) is 4.78. The van der Waals surface area contributed by atoms with E-state index in [4.69, 9.17) is 35.4 Å². The molecule has 2 aromatic rings. The molecule has 2 nitrogen and oxygen atoms in total. The van der Waals surface area contributed by atoms with Gasteiger partial charge in [0, 0.05) is 0 Å². The van der Waals surface area contributed by atoms with E-state index >= 15 is 0 Å². The van der Waals surface area contributed by atoms with Crippen LogP contribution in [0.4, 0.5) is 5.69 Å². The Morgan fingerprint density at radius 3 is 2.61 bits per heavy atom. The average molecular weight is 380 g/mol. The Morgan fingerprint density at radius 2 is 1.87 bits per heavy atom. The lowest BCUT2D eigenvalue weighted by molar-refractivity contribution is -0.113. The van der Waals surface area contributed by atoms with Crippen LogP contribution in [-0.4, -0.2) is 10.2 Å². The van der Waals surface area contributed by atoms with Crippen molar-refractivity contribution >= 4 is 69.2 Å². The number of anilines is 1.